The first kappa shape index (κ1) is 21.8. The van der Waals surface area contributed by atoms with Gasteiger partial charge in [-0.1, -0.05) is 41.6 Å². The second-order valence-electron chi connectivity index (χ2n) is 6.60. The lowest BCUT2D eigenvalue weighted by molar-refractivity contribution is -0.129. The largest absolute Gasteiger partial charge is 0.337 e. The molecule has 1 aromatic heterocycles. The normalized spacial score (nSPS) is 11.3. The van der Waals surface area contributed by atoms with Gasteiger partial charge in [0.2, 0.25) is 27.6 Å². The van der Waals surface area contributed by atoms with Crippen LogP contribution in [0.4, 0.5) is 5.69 Å². The van der Waals surface area contributed by atoms with Crippen LogP contribution in [0, 0.1) is 0 Å². The summed E-state index contributed by atoms with van der Waals surface area (Å²) in [6.45, 7) is -0.256. The lowest BCUT2D eigenvalue weighted by atomic mass is 10.2. The standard InChI is InChI=1S/C20H22N4O4S2/c1-23(13-18-21-20(22-28-18)15-8-5-4-6-9-15)19(25)14-24(30(3,26)27)16-10-7-11-17(12-16)29-2/h4-12H,13-14H2,1-3H3. The average Bonchev–Trinajstić information content (AvgIpc) is 3.20. The molecular formula is C20H22N4O4S2. The highest BCUT2D eigenvalue weighted by molar-refractivity contribution is 7.98. The van der Waals surface area contributed by atoms with Crippen LogP contribution in [-0.4, -0.2) is 55.5 Å². The lowest BCUT2D eigenvalue weighted by Gasteiger charge is -2.24. The third-order valence-electron chi connectivity index (χ3n) is 4.32. The Labute approximate surface area is 179 Å². The van der Waals surface area contributed by atoms with E-state index in [1.807, 2.05) is 42.7 Å². The number of hydrogen-bond acceptors (Lipinski definition) is 7. The molecule has 0 aliphatic rings. The smallest absolute Gasteiger partial charge is 0.246 e. The first-order valence-electron chi connectivity index (χ1n) is 9.01. The summed E-state index contributed by atoms with van der Waals surface area (Å²) >= 11 is 1.49. The van der Waals surface area contributed by atoms with Crippen molar-refractivity contribution in [2.75, 3.05) is 30.4 Å². The molecule has 0 atom stereocenters. The van der Waals surface area contributed by atoms with Gasteiger partial charge in [0.15, 0.2) is 0 Å². The van der Waals surface area contributed by atoms with Crippen molar-refractivity contribution in [3.05, 3.63) is 60.5 Å². The second-order valence-corrected chi connectivity index (χ2v) is 9.39. The first-order chi connectivity index (χ1) is 14.3. The van der Waals surface area contributed by atoms with Crippen LogP contribution in [0.2, 0.25) is 0 Å². The van der Waals surface area contributed by atoms with E-state index >= 15 is 0 Å². The number of anilines is 1. The van der Waals surface area contributed by atoms with Gasteiger partial charge in [-0.15, -0.1) is 11.8 Å². The van der Waals surface area contributed by atoms with Crippen LogP contribution in [0.5, 0.6) is 0 Å². The number of nitrogens with zero attached hydrogens (tertiary/aromatic N) is 4. The van der Waals surface area contributed by atoms with Gasteiger partial charge in [0.25, 0.3) is 0 Å². The molecule has 8 nitrogen and oxygen atoms in total. The lowest BCUT2D eigenvalue weighted by Crippen LogP contribution is -2.41. The SMILES string of the molecule is CSc1cccc(N(CC(=O)N(C)Cc2nc(-c3ccccc3)no2)S(C)(=O)=O)c1. The van der Waals surface area contributed by atoms with Gasteiger partial charge in [0.1, 0.15) is 6.54 Å². The minimum absolute atomic E-state index is 0.0706. The minimum atomic E-state index is -3.65. The quantitative estimate of drug-likeness (QED) is 0.491. The third-order valence-corrected chi connectivity index (χ3v) is 6.18. The molecule has 0 radical (unpaired) electrons. The summed E-state index contributed by atoms with van der Waals surface area (Å²) in [4.78, 5) is 19.3. The molecule has 0 bridgehead atoms. The van der Waals surface area contributed by atoms with Crippen molar-refractivity contribution in [2.45, 2.75) is 11.4 Å². The van der Waals surface area contributed by atoms with E-state index in [0.717, 1.165) is 21.0 Å². The van der Waals surface area contributed by atoms with Crippen molar-refractivity contribution >= 4 is 33.4 Å². The van der Waals surface area contributed by atoms with Gasteiger partial charge >= 0.3 is 0 Å². The molecule has 0 unspecified atom stereocenters. The number of aromatic nitrogens is 2. The molecule has 3 rings (SSSR count). The molecule has 2 aromatic carbocycles. The summed E-state index contributed by atoms with van der Waals surface area (Å²) in [5.41, 5.74) is 1.24. The van der Waals surface area contributed by atoms with Crippen LogP contribution < -0.4 is 4.31 Å². The Kier molecular flexibility index (Phi) is 6.78. The number of rotatable bonds is 8. The molecule has 0 aliphatic heterocycles. The van der Waals surface area contributed by atoms with Crippen molar-refractivity contribution in [3.8, 4) is 11.4 Å². The van der Waals surface area contributed by atoms with Crippen molar-refractivity contribution < 1.29 is 17.7 Å². The highest BCUT2D eigenvalue weighted by atomic mass is 32.2. The van der Waals surface area contributed by atoms with E-state index < -0.39 is 15.9 Å². The molecule has 0 fully saturated rings. The predicted molar refractivity (Wildman–Crippen MR) is 117 cm³/mol. The zero-order chi connectivity index (χ0) is 21.7. The Morgan fingerprint density at radius 1 is 1.13 bits per heavy atom. The third kappa shape index (κ3) is 5.39. The molecule has 158 valence electrons. The fraction of sp³-hybridized carbons (Fsp3) is 0.250. The maximum absolute atomic E-state index is 12.7. The monoisotopic (exact) mass is 446 g/mol. The number of amides is 1. The van der Waals surface area contributed by atoms with Crippen molar-refractivity contribution in [1.29, 1.82) is 0 Å². The number of hydrogen-bond donors (Lipinski definition) is 0. The van der Waals surface area contributed by atoms with Crippen LogP contribution >= 0.6 is 11.8 Å². The molecule has 0 aliphatic carbocycles. The van der Waals surface area contributed by atoms with E-state index in [1.165, 1.54) is 16.7 Å². The van der Waals surface area contributed by atoms with Crippen LogP contribution in [0.25, 0.3) is 11.4 Å². The summed E-state index contributed by atoms with van der Waals surface area (Å²) in [7, 11) is -2.09. The average molecular weight is 447 g/mol. The van der Waals surface area contributed by atoms with Crippen LogP contribution in [0.1, 0.15) is 5.89 Å². The molecule has 10 heteroatoms. The number of carbonyl (C=O) groups excluding carboxylic acids is 1. The summed E-state index contributed by atoms with van der Waals surface area (Å²) < 4.78 is 31.0. The van der Waals surface area contributed by atoms with Crippen LogP contribution in [-0.2, 0) is 21.4 Å². The molecule has 30 heavy (non-hydrogen) atoms. The zero-order valence-corrected chi connectivity index (χ0v) is 18.5. The fourth-order valence-corrected chi connectivity index (χ4v) is 4.02. The maximum Gasteiger partial charge on any atom is 0.246 e. The Morgan fingerprint density at radius 3 is 2.53 bits per heavy atom. The Hall–Kier alpha value is -2.85. The van der Waals surface area contributed by atoms with E-state index in [1.54, 1.807) is 25.2 Å². The number of carbonyl (C=O) groups is 1. The van der Waals surface area contributed by atoms with E-state index in [0.29, 0.717) is 11.5 Å². The topological polar surface area (TPSA) is 96.6 Å². The molecule has 0 N–H and O–H groups in total. The summed E-state index contributed by atoms with van der Waals surface area (Å²) in [6.07, 6.45) is 2.98. The van der Waals surface area contributed by atoms with Crippen LogP contribution in [0.15, 0.2) is 64.0 Å². The van der Waals surface area contributed by atoms with Gasteiger partial charge in [0, 0.05) is 17.5 Å². The fourth-order valence-electron chi connectivity index (χ4n) is 2.72. The van der Waals surface area contributed by atoms with Gasteiger partial charge in [-0.05, 0) is 24.5 Å². The molecule has 1 heterocycles. The van der Waals surface area contributed by atoms with E-state index in [4.69, 9.17) is 4.52 Å². The minimum Gasteiger partial charge on any atom is -0.337 e. The van der Waals surface area contributed by atoms with Crippen molar-refractivity contribution in [3.63, 3.8) is 0 Å². The summed E-state index contributed by atoms with van der Waals surface area (Å²) in [6, 6.07) is 16.4. The van der Waals surface area contributed by atoms with E-state index in [-0.39, 0.29) is 19.0 Å². The Bertz CT molecular complexity index is 1120. The summed E-state index contributed by atoms with van der Waals surface area (Å²) in [5.74, 6) is 0.299. The maximum atomic E-state index is 12.7. The highest BCUT2D eigenvalue weighted by Crippen LogP contribution is 2.24. The van der Waals surface area contributed by atoms with Gasteiger partial charge in [-0.3, -0.25) is 9.10 Å². The van der Waals surface area contributed by atoms with Crippen molar-refractivity contribution in [2.24, 2.45) is 0 Å². The number of benzene rings is 2. The van der Waals surface area contributed by atoms with Gasteiger partial charge in [0.05, 0.1) is 18.5 Å². The molecule has 0 saturated carbocycles. The molecule has 3 aromatic rings. The number of sulfonamides is 1. The Morgan fingerprint density at radius 2 is 1.87 bits per heavy atom. The van der Waals surface area contributed by atoms with Gasteiger partial charge in [-0.2, -0.15) is 4.98 Å². The second kappa shape index (κ2) is 9.31. The Balaban J connectivity index is 1.72. The number of likely N-dealkylation sites (N-methyl/N-ethyl adjacent to an activating group) is 1. The molecule has 0 saturated heterocycles. The molecular weight excluding hydrogens is 424 g/mol. The number of thioether (sulfide) groups is 1. The summed E-state index contributed by atoms with van der Waals surface area (Å²) in [5, 5.41) is 3.93. The highest BCUT2D eigenvalue weighted by Gasteiger charge is 2.24. The van der Waals surface area contributed by atoms with Gasteiger partial charge in [-0.25, -0.2) is 8.42 Å². The predicted octanol–water partition coefficient (Wildman–Crippen LogP) is 2.88. The molecule has 1 amide bonds. The van der Waals surface area contributed by atoms with Crippen molar-refractivity contribution in [1.82, 2.24) is 15.0 Å². The van der Waals surface area contributed by atoms with E-state index in [2.05, 4.69) is 10.1 Å². The van der Waals surface area contributed by atoms with E-state index in [9.17, 15) is 13.2 Å². The van der Waals surface area contributed by atoms with Gasteiger partial charge < -0.3 is 9.42 Å². The first-order valence-corrected chi connectivity index (χ1v) is 12.1. The van der Waals surface area contributed by atoms with Crippen LogP contribution in [0.3, 0.4) is 0 Å². The molecule has 0 spiro atoms. The zero-order valence-electron chi connectivity index (χ0n) is 16.8.